The predicted molar refractivity (Wildman–Crippen MR) is 114 cm³/mol. The molecule has 5 nitrogen and oxygen atoms in total. The molecule has 6 heteroatoms. The molecule has 1 aliphatic rings. The number of rotatable bonds is 9. The third-order valence-electron chi connectivity index (χ3n) is 4.62. The molecule has 0 aromatic heterocycles. The fourth-order valence-corrected chi connectivity index (χ4v) is 2.78. The number of benzene rings is 1. The maximum absolute atomic E-state index is 5.74. The number of hydrogen-bond donors (Lipinski definition) is 2. The Balaban J connectivity index is 0.00000312. The van der Waals surface area contributed by atoms with Gasteiger partial charge in [-0.2, -0.15) is 0 Å². The summed E-state index contributed by atoms with van der Waals surface area (Å²) >= 11 is 0. The van der Waals surface area contributed by atoms with Gasteiger partial charge in [-0.15, -0.1) is 24.0 Å². The highest BCUT2D eigenvalue weighted by atomic mass is 127. The van der Waals surface area contributed by atoms with E-state index in [1.54, 1.807) is 7.11 Å². The van der Waals surface area contributed by atoms with Crippen LogP contribution in [0.15, 0.2) is 23.2 Å². The highest BCUT2D eigenvalue weighted by Crippen LogP contribution is 2.48. The molecular weight excluding hydrogens is 429 g/mol. The number of nitrogens with one attached hydrogen (secondary N) is 2. The summed E-state index contributed by atoms with van der Waals surface area (Å²) in [4.78, 5) is 4.33. The Bertz CT molecular complexity index is 560. The number of guanidine groups is 1. The van der Waals surface area contributed by atoms with Crippen LogP contribution in [0.25, 0.3) is 0 Å². The Labute approximate surface area is 169 Å². The van der Waals surface area contributed by atoms with Crippen molar-refractivity contribution in [2.24, 2.45) is 10.4 Å². The first-order valence-electron chi connectivity index (χ1n) is 8.78. The van der Waals surface area contributed by atoms with Gasteiger partial charge in [0.15, 0.2) is 5.96 Å². The van der Waals surface area contributed by atoms with Crippen molar-refractivity contribution in [1.82, 2.24) is 10.6 Å². The Morgan fingerprint density at radius 2 is 2.04 bits per heavy atom. The summed E-state index contributed by atoms with van der Waals surface area (Å²) in [6, 6.07) is 6.31. The van der Waals surface area contributed by atoms with Gasteiger partial charge in [-0.05, 0) is 50.2 Å². The average Bonchev–Trinajstić information content (AvgIpc) is 3.35. The van der Waals surface area contributed by atoms with Crippen molar-refractivity contribution in [2.45, 2.75) is 39.7 Å². The van der Waals surface area contributed by atoms with E-state index in [0.717, 1.165) is 36.8 Å². The number of halogens is 1. The van der Waals surface area contributed by atoms with Crippen LogP contribution in [0.1, 0.15) is 37.3 Å². The zero-order valence-electron chi connectivity index (χ0n) is 15.9. The van der Waals surface area contributed by atoms with Gasteiger partial charge in [0.1, 0.15) is 5.75 Å². The van der Waals surface area contributed by atoms with Crippen LogP contribution in [0.2, 0.25) is 0 Å². The molecule has 0 unspecified atom stereocenters. The van der Waals surface area contributed by atoms with Crippen LogP contribution in [0.5, 0.6) is 5.75 Å². The van der Waals surface area contributed by atoms with Gasteiger partial charge in [0.25, 0.3) is 0 Å². The summed E-state index contributed by atoms with van der Waals surface area (Å²) in [5.74, 6) is 1.78. The first-order valence-corrected chi connectivity index (χ1v) is 8.78. The zero-order chi connectivity index (χ0) is 17.4. The third kappa shape index (κ3) is 7.01. The second-order valence-corrected chi connectivity index (χ2v) is 6.57. The number of methoxy groups -OCH3 is 1. The molecule has 25 heavy (non-hydrogen) atoms. The standard InChI is InChI=1S/C19H31N3O2.HI/c1-5-24-17-12-15(2)6-7-16(17)13-21-18(20-3)22-14-19(8-9-19)10-11-23-4;/h6-7,12H,5,8-11,13-14H2,1-4H3,(H2,20,21,22);1H. The molecule has 0 bridgehead atoms. The van der Waals surface area contributed by atoms with Crippen molar-refractivity contribution in [1.29, 1.82) is 0 Å². The van der Waals surface area contributed by atoms with E-state index in [1.165, 1.54) is 18.4 Å². The zero-order valence-corrected chi connectivity index (χ0v) is 18.2. The monoisotopic (exact) mass is 461 g/mol. The maximum Gasteiger partial charge on any atom is 0.191 e. The Morgan fingerprint density at radius 3 is 2.64 bits per heavy atom. The molecule has 1 saturated carbocycles. The van der Waals surface area contributed by atoms with Gasteiger partial charge < -0.3 is 20.1 Å². The van der Waals surface area contributed by atoms with Crippen molar-refractivity contribution in [3.63, 3.8) is 0 Å². The quantitative estimate of drug-likeness (QED) is 0.336. The summed E-state index contributed by atoms with van der Waals surface area (Å²) in [5, 5.41) is 6.84. The van der Waals surface area contributed by atoms with Crippen molar-refractivity contribution in [2.75, 3.05) is 33.9 Å². The third-order valence-corrected chi connectivity index (χ3v) is 4.62. The largest absolute Gasteiger partial charge is 0.494 e. The molecule has 1 aliphatic carbocycles. The molecule has 142 valence electrons. The minimum absolute atomic E-state index is 0. The van der Waals surface area contributed by atoms with Gasteiger partial charge in [0, 0.05) is 39.4 Å². The van der Waals surface area contributed by atoms with Gasteiger partial charge in [-0.1, -0.05) is 12.1 Å². The van der Waals surface area contributed by atoms with Crippen molar-refractivity contribution < 1.29 is 9.47 Å². The van der Waals surface area contributed by atoms with Crippen LogP contribution < -0.4 is 15.4 Å². The Hall–Kier alpha value is -1.02. The fourth-order valence-electron chi connectivity index (χ4n) is 2.78. The van der Waals surface area contributed by atoms with Gasteiger partial charge in [0.05, 0.1) is 6.61 Å². The molecule has 0 radical (unpaired) electrons. The highest BCUT2D eigenvalue weighted by Gasteiger charge is 2.41. The van der Waals surface area contributed by atoms with Crippen molar-refractivity contribution in [3.05, 3.63) is 29.3 Å². The van der Waals surface area contributed by atoms with E-state index in [9.17, 15) is 0 Å². The topological polar surface area (TPSA) is 54.9 Å². The first-order chi connectivity index (χ1) is 11.6. The number of aliphatic imine (C=N–C) groups is 1. The predicted octanol–water partition coefficient (Wildman–Crippen LogP) is 3.49. The molecule has 0 amide bonds. The Morgan fingerprint density at radius 1 is 1.28 bits per heavy atom. The molecule has 1 aromatic rings. The smallest absolute Gasteiger partial charge is 0.191 e. The van der Waals surface area contributed by atoms with Crippen LogP contribution in [0.4, 0.5) is 0 Å². The average molecular weight is 461 g/mol. The van der Waals surface area contributed by atoms with Gasteiger partial charge in [-0.25, -0.2) is 0 Å². The number of hydrogen-bond acceptors (Lipinski definition) is 3. The lowest BCUT2D eigenvalue weighted by Crippen LogP contribution is -2.40. The van der Waals surface area contributed by atoms with Gasteiger partial charge in [0.2, 0.25) is 0 Å². The molecule has 0 aliphatic heterocycles. The van der Waals surface area contributed by atoms with E-state index in [4.69, 9.17) is 9.47 Å². The van der Waals surface area contributed by atoms with E-state index >= 15 is 0 Å². The molecule has 2 rings (SSSR count). The maximum atomic E-state index is 5.74. The van der Waals surface area contributed by atoms with E-state index < -0.39 is 0 Å². The summed E-state index contributed by atoms with van der Waals surface area (Å²) in [7, 11) is 3.57. The van der Waals surface area contributed by atoms with E-state index in [0.29, 0.717) is 18.6 Å². The summed E-state index contributed by atoms with van der Waals surface area (Å²) in [5.41, 5.74) is 2.75. The molecule has 1 aromatic carbocycles. The second kappa shape index (κ2) is 10.9. The summed E-state index contributed by atoms with van der Waals surface area (Å²) in [6.45, 7) is 7.23. The minimum atomic E-state index is 0. The lowest BCUT2D eigenvalue weighted by atomic mass is 10.0. The van der Waals surface area contributed by atoms with Crippen molar-refractivity contribution >= 4 is 29.9 Å². The molecule has 0 spiro atoms. The fraction of sp³-hybridized carbons (Fsp3) is 0.632. The van der Waals surface area contributed by atoms with E-state index in [2.05, 4.69) is 40.7 Å². The first kappa shape index (κ1) is 22.0. The molecule has 0 atom stereocenters. The minimum Gasteiger partial charge on any atom is -0.494 e. The van der Waals surface area contributed by atoms with E-state index in [-0.39, 0.29) is 24.0 Å². The van der Waals surface area contributed by atoms with Gasteiger partial charge >= 0.3 is 0 Å². The van der Waals surface area contributed by atoms with Gasteiger partial charge in [-0.3, -0.25) is 4.99 Å². The summed E-state index contributed by atoms with van der Waals surface area (Å²) in [6.07, 6.45) is 3.65. The lowest BCUT2D eigenvalue weighted by molar-refractivity contribution is 0.172. The highest BCUT2D eigenvalue weighted by molar-refractivity contribution is 14.0. The Kier molecular flexibility index (Phi) is 9.56. The SMILES string of the molecule is CCOc1cc(C)ccc1CNC(=NC)NCC1(CCOC)CC1.I. The van der Waals surface area contributed by atoms with Crippen molar-refractivity contribution in [3.8, 4) is 5.75 Å². The van der Waals surface area contributed by atoms with E-state index in [1.807, 2.05) is 14.0 Å². The molecule has 2 N–H and O–H groups in total. The number of nitrogens with zero attached hydrogens (tertiary/aromatic N) is 1. The van der Waals surface area contributed by atoms with Crippen LogP contribution in [0.3, 0.4) is 0 Å². The van der Waals surface area contributed by atoms with Crippen LogP contribution in [0, 0.1) is 12.3 Å². The summed E-state index contributed by atoms with van der Waals surface area (Å²) < 4.78 is 11.0. The molecule has 0 heterocycles. The number of aryl methyl sites for hydroxylation is 1. The molecular formula is C19H32IN3O2. The van der Waals surface area contributed by atoms with Crippen LogP contribution in [-0.4, -0.2) is 39.9 Å². The lowest BCUT2D eigenvalue weighted by Gasteiger charge is -2.19. The number of ether oxygens (including phenoxy) is 2. The van der Waals surface area contributed by atoms with Crippen LogP contribution in [-0.2, 0) is 11.3 Å². The normalized spacial score (nSPS) is 15.3. The van der Waals surface area contributed by atoms with Crippen LogP contribution >= 0.6 is 24.0 Å². The molecule has 1 fully saturated rings. The second-order valence-electron chi connectivity index (χ2n) is 6.57. The molecule has 0 saturated heterocycles.